The van der Waals surface area contributed by atoms with Crippen LogP contribution in [0.25, 0.3) is 94.1 Å². The van der Waals surface area contributed by atoms with E-state index in [2.05, 4.69) is 150 Å². The maximum Gasteiger partial charge on any atom is 0.180 e. The van der Waals surface area contributed by atoms with Crippen LogP contribution in [0.3, 0.4) is 0 Å². The fourth-order valence-corrected chi connectivity index (χ4v) is 7.24. The number of benzene rings is 7. The summed E-state index contributed by atoms with van der Waals surface area (Å²) in [7, 11) is 0. The molecule has 0 unspecified atom stereocenters. The quantitative estimate of drug-likeness (QED) is 0.198. The Bertz CT molecular complexity index is 2790. The monoisotopic (exact) mass is 613 g/mol. The molecule has 0 aliphatic heterocycles. The second-order valence-corrected chi connectivity index (χ2v) is 12.2. The van der Waals surface area contributed by atoms with Crippen LogP contribution in [-0.4, -0.2) is 14.5 Å². The molecule has 10 aromatic rings. The first kappa shape index (κ1) is 26.7. The molecule has 7 aromatic carbocycles. The van der Waals surface area contributed by atoms with E-state index in [-0.39, 0.29) is 0 Å². The van der Waals surface area contributed by atoms with Gasteiger partial charge in [-0.3, -0.25) is 0 Å². The Hall–Kier alpha value is -6.52. The Morgan fingerprint density at radius 3 is 1.85 bits per heavy atom. The van der Waals surface area contributed by atoms with Gasteiger partial charge in [0.15, 0.2) is 11.4 Å². The molecule has 0 saturated carbocycles. The van der Waals surface area contributed by atoms with Gasteiger partial charge in [0.25, 0.3) is 0 Å². The predicted molar refractivity (Wildman–Crippen MR) is 197 cm³/mol. The van der Waals surface area contributed by atoms with Gasteiger partial charge in [-0.1, -0.05) is 133 Å². The van der Waals surface area contributed by atoms with Crippen LogP contribution < -0.4 is 0 Å². The van der Waals surface area contributed by atoms with E-state index in [1.165, 1.54) is 21.8 Å². The van der Waals surface area contributed by atoms with Crippen molar-refractivity contribution in [3.8, 4) is 39.5 Å². The van der Waals surface area contributed by atoms with Crippen molar-refractivity contribution in [1.29, 1.82) is 0 Å². The van der Waals surface area contributed by atoms with Crippen LogP contribution in [0.15, 0.2) is 168 Å². The molecule has 0 aliphatic rings. The van der Waals surface area contributed by atoms with E-state index in [0.717, 1.165) is 60.9 Å². The van der Waals surface area contributed by atoms with Gasteiger partial charge < -0.3 is 8.98 Å². The highest BCUT2D eigenvalue weighted by Gasteiger charge is 2.21. The zero-order chi connectivity index (χ0) is 31.6. The fourth-order valence-electron chi connectivity index (χ4n) is 7.24. The molecule has 0 fully saturated rings. The van der Waals surface area contributed by atoms with Gasteiger partial charge in [-0.25, -0.2) is 9.97 Å². The SMILES string of the molecule is c1ccc(-c2nc(-c3cccc4ccccc34)c3oc4c(-c5cccc(-n6c7ccccc7c7ccccc76)c5)cccc4c3n2)cc1. The Labute approximate surface area is 276 Å². The van der Waals surface area contributed by atoms with Crippen molar-refractivity contribution in [3.05, 3.63) is 164 Å². The van der Waals surface area contributed by atoms with Crippen LogP contribution in [0.5, 0.6) is 0 Å². The molecule has 3 aromatic heterocycles. The molecule has 0 radical (unpaired) electrons. The number of rotatable bonds is 4. The molecule has 10 rings (SSSR count). The molecule has 0 spiro atoms. The van der Waals surface area contributed by atoms with Crippen molar-refractivity contribution in [3.63, 3.8) is 0 Å². The first-order valence-electron chi connectivity index (χ1n) is 16.2. The molecule has 0 atom stereocenters. The molecule has 4 heteroatoms. The summed E-state index contributed by atoms with van der Waals surface area (Å²) in [6.07, 6.45) is 0. The van der Waals surface area contributed by atoms with Crippen molar-refractivity contribution in [1.82, 2.24) is 14.5 Å². The van der Waals surface area contributed by atoms with E-state index < -0.39 is 0 Å². The largest absolute Gasteiger partial charge is 0.451 e. The standard InChI is InChI=1S/C44H27N3O/c1-2-14-29(15-3-1)44-45-40(36-23-11-16-28-13-4-5-19-32(28)36)43-41(46-44)37-24-12-22-33(42(37)48-43)30-17-10-18-31(27-30)47-38-25-8-6-20-34(38)35-21-7-9-26-39(35)47/h1-27H. The predicted octanol–water partition coefficient (Wildman–Crippen LogP) is 11.6. The minimum Gasteiger partial charge on any atom is -0.451 e. The zero-order valence-corrected chi connectivity index (χ0v) is 25.8. The van der Waals surface area contributed by atoms with E-state index in [9.17, 15) is 0 Å². The summed E-state index contributed by atoms with van der Waals surface area (Å²) in [5, 5.41) is 5.73. The Balaban J connectivity index is 1.23. The lowest BCUT2D eigenvalue weighted by Crippen LogP contribution is -1.94. The number of fused-ring (bicyclic) bond motifs is 7. The van der Waals surface area contributed by atoms with Gasteiger partial charge in [-0.15, -0.1) is 0 Å². The molecule has 4 nitrogen and oxygen atoms in total. The van der Waals surface area contributed by atoms with E-state index in [0.29, 0.717) is 11.4 Å². The minimum atomic E-state index is 0.674. The molecule has 48 heavy (non-hydrogen) atoms. The first-order valence-corrected chi connectivity index (χ1v) is 16.2. The number of aromatic nitrogens is 3. The fraction of sp³-hybridized carbons (Fsp3) is 0. The number of furan rings is 1. The topological polar surface area (TPSA) is 43.9 Å². The second-order valence-electron chi connectivity index (χ2n) is 12.2. The maximum atomic E-state index is 6.90. The third-order valence-corrected chi connectivity index (χ3v) is 9.41. The van der Waals surface area contributed by atoms with Gasteiger partial charge in [-0.2, -0.15) is 0 Å². The molecule has 0 N–H and O–H groups in total. The lowest BCUT2D eigenvalue weighted by atomic mass is 10.0. The Morgan fingerprint density at radius 2 is 1.04 bits per heavy atom. The molecule has 224 valence electrons. The molecule has 0 bridgehead atoms. The third-order valence-electron chi connectivity index (χ3n) is 9.41. The van der Waals surface area contributed by atoms with E-state index >= 15 is 0 Å². The summed E-state index contributed by atoms with van der Waals surface area (Å²) >= 11 is 0. The summed E-state index contributed by atoms with van der Waals surface area (Å²) in [5.41, 5.74) is 10.6. The summed E-state index contributed by atoms with van der Waals surface area (Å²) in [4.78, 5) is 10.3. The minimum absolute atomic E-state index is 0.674. The maximum absolute atomic E-state index is 6.90. The molecule has 0 amide bonds. The number of hydrogen-bond donors (Lipinski definition) is 0. The molecular formula is C44H27N3O. The van der Waals surface area contributed by atoms with Crippen molar-refractivity contribution >= 4 is 54.6 Å². The highest BCUT2D eigenvalue weighted by atomic mass is 16.3. The van der Waals surface area contributed by atoms with E-state index in [1.54, 1.807) is 0 Å². The highest BCUT2D eigenvalue weighted by molar-refractivity contribution is 6.13. The lowest BCUT2D eigenvalue weighted by Gasteiger charge is -2.10. The smallest absolute Gasteiger partial charge is 0.180 e. The number of nitrogens with zero attached hydrogens (tertiary/aromatic N) is 3. The van der Waals surface area contributed by atoms with Crippen LogP contribution in [-0.2, 0) is 0 Å². The summed E-state index contributed by atoms with van der Waals surface area (Å²) in [6.45, 7) is 0. The van der Waals surface area contributed by atoms with Crippen molar-refractivity contribution in [2.75, 3.05) is 0 Å². The Kier molecular flexibility index (Phi) is 5.84. The van der Waals surface area contributed by atoms with Gasteiger partial charge in [0.2, 0.25) is 0 Å². The number of hydrogen-bond acceptors (Lipinski definition) is 3. The summed E-state index contributed by atoms with van der Waals surface area (Å²) < 4.78 is 9.25. The lowest BCUT2D eigenvalue weighted by molar-refractivity contribution is 0.668. The molecule has 0 aliphatic carbocycles. The number of para-hydroxylation sites is 3. The zero-order valence-electron chi connectivity index (χ0n) is 25.8. The first-order chi connectivity index (χ1) is 23.8. The van der Waals surface area contributed by atoms with Crippen LogP contribution >= 0.6 is 0 Å². The average Bonchev–Trinajstić information content (AvgIpc) is 3.71. The van der Waals surface area contributed by atoms with Crippen LogP contribution in [0.4, 0.5) is 0 Å². The van der Waals surface area contributed by atoms with Crippen LogP contribution in [0, 0.1) is 0 Å². The van der Waals surface area contributed by atoms with Gasteiger partial charge in [0.05, 0.1) is 11.0 Å². The van der Waals surface area contributed by atoms with E-state index in [1.807, 2.05) is 18.2 Å². The Morgan fingerprint density at radius 1 is 0.438 bits per heavy atom. The van der Waals surface area contributed by atoms with Gasteiger partial charge in [-0.05, 0) is 46.7 Å². The van der Waals surface area contributed by atoms with E-state index in [4.69, 9.17) is 14.4 Å². The van der Waals surface area contributed by atoms with Crippen molar-refractivity contribution in [2.24, 2.45) is 0 Å². The molecular weight excluding hydrogens is 587 g/mol. The highest BCUT2D eigenvalue weighted by Crippen LogP contribution is 2.41. The summed E-state index contributed by atoms with van der Waals surface area (Å²) in [6, 6.07) is 57.2. The normalized spacial score (nSPS) is 11.8. The second kappa shape index (κ2) is 10.5. The van der Waals surface area contributed by atoms with Crippen LogP contribution in [0.2, 0.25) is 0 Å². The van der Waals surface area contributed by atoms with Crippen LogP contribution in [0.1, 0.15) is 0 Å². The van der Waals surface area contributed by atoms with Crippen molar-refractivity contribution in [2.45, 2.75) is 0 Å². The molecule has 3 heterocycles. The third kappa shape index (κ3) is 4.03. The molecule has 0 saturated heterocycles. The van der Waals surface area contributed by atoms with Gasteiger partial charge >= 0.3 is 0 Å². The average molecular weight is 614 g/mol. The van der Waals surface area contributed by atoms with Crippen molar-refractivity contribution < 1.29 is 4.42 Å². The van der Waals surface area contributed by atoms with Gasteiger partial charge in [0, 0.05) is 38.5 Å². The summed E-state index contributed by atoms with van der Waals surface area (Å²) in [5.74, 6) is 0.674. The van der Waals surface area contributed by atoms with Gasteiger partial charge in [0.1, 0.15) is 16.8 Å².